The van der Waals surface area contributed by atoms with Crippen molar-refractivity contribution in [2.45, 2.75) is 6.42 Å². The van der Waals surface area contributed by atoms with Crippen LogP contribution >= 0.6 is 12.4 Å². The first kappa shape index (κ1) is 14.4. The molecule has 1 aliphatic heterocycles. The molecule has 1 atom stereocenters. The standard InChI is InChI=1S/C11H11FN2O3.ClH/c12-9-5-13-3-1-8(9)10(15)14-4-2-7(6-14)11(16)17;/h1,3,5,7H,2,4,6H2,(H,16,17);1H. The van der Waals surface area contributed by atoms with Gasteiger partial charge in [0.05, 0.1) is 17.7 Å². The summed E-state index contributed by atoms with van der Waals surface area (Å²) in [5, 5.41) is 8.82. The van der Waals surface area contributed by atoms with Crippen molar-refractivity contribution in [3.8, 4) is 0 Å². The zero-order valence-electron chi connectivity index (χ0n) is 9.38. The SMILES string of the molecule is Cl.O=C(O)C1CCN(C(=O)c2ccncc2F)C1. The van der Waals surface area contributed by atoms with Crippen molar-refractivity contribution in [2.24, 2.45) is 5.92 Å². The highest BCUT2D eigenvalue weighted by Crippen LogP contribution is 2.19. The minimum atomic E-state index is -0.921. The van der Waals surface area contributed by atoms with Gasteiger partial charge in [-0.2, -0.15) is 0 Å². The number of pyridine rings is 1. The Balaban J connectivity index is 0.00000162. The molecule has 1 saturated heterocycles. The molecule has 1 N–H and O–H groups in total. The molecule has 0 aliphatic carbocycles. The molecule has 1 aromatic rings. The van der Waals surface area contributed by atoms with E-state index in [-0.39, 0.29) is 24.5 Å². The average Bonchev–Trinajstić information content (AvgIpc) is 2.78. The van der Waals surface area contributed by atoms with E-state index < -0.39 is 23.6 Å². The van der Waals surface area contributed by atoms with Gasteiger partial charge in [-0.05, 0) is 12.5 Å². The van der Waals surface area contributed by atoms with Gasteiger partial charge in [0.1, 0.15) is 0 Å². The van der Waals surface area contributed by atoms with Crippen molar-refractivity contribution in [1.82, 2.24) is 9.88 Å². The van der Waals surface area contributed by atoms with Gasteiger partial charge in [-0.15, -0.1) is 12.4 Å². The zero-order chi connectivity index (χ0) is 12.4. The number of aromatic nitrogens is 1. The lowest BCUT2D eigenvalue weighted by Crippen LogP contribution is -2.30. The van der Waals surface area contributed by atoms with Gasteiger partial charge in [0.2, 0.25) is 0 Å². The fraction of sp³-hybridized carbons (Fsp3) is 0.364. The van der Waals surface area contributed by atoms with Crippen LogP contribution in [0.3, 0.4) is 0 Å². The second kappa shape index (κ2) is 5.77. The highest BCUT2D eigenvalue weighted by molar-refractivity contribution is 5.94. The largest absolute Gasteiger partial charge is 0.481 e. The first-order chi connectivity index (χ1) is 8.09. The number of hydrogen-bond donors (Lipinski definition) is 1. The fourth-order valence-electron chi connectivity index (χ4n) is 1.87. The van der Waals surface area contributed by atoms with E-state index in [4.69, 9.17) is 5.11 Å². The first-order valence-electron chi connectivity index (χ1n) is 5.21. The van der Waals surface area contributed by atoms with Crippen molar-refractivity contribution in [2.75, 3.05) is 13.1 Å². The molecule has 18 heavy (non-hydrogen) atoms. The number of nitrogens with zero attached hydrogens (tertiary/aromatic N) is 2. The lowest BCUT2D eigenvalue weighted by atomic mass is 10.1. The summed E-state index contributed by atoms with van der Waals surface area (Å²) in [7, 11) is 0. The molecule has 1 fully saturated rings. The first-order valence-corrected chi connectivity index (χ1v) is 5.21. The third kappa shape index (κ3) is 2.76. The molecule has 0 radical (unpaired) electrons. The van der Waals surface area contributed by atoms with Crippen LogP contribution in [0.2, 0.25) is 0 Å². The third-order valence-corrected chi connectivity index (χ3v) is 2.83. The van der Waals surface area contributed by atoms with E-state index in [1.54, 1.807) is 0 Å². The summed E-state index contributed by atoms with van der Waals surface area (Å²) in [6.45, 7) is 0.480. The van der Waals surface area contributed by atoms with E-state index in [0.29, 0.717) is 13.0 Å². The van der Waals surface area contributed by atoms with Gasteiger partial charge in [0.25, 0.3) is 5.91 Å². The van der Waals surface area contributed by atoms with E-state index in [9.17, 15) is 14.0 Å². The van der Waals surface area contributed by atoms with Gasteiger partial charge < -0.3 is 10.0 Å². The Morgan fingerprint density at radius 2 is 2.22 bits per heavy atom. The Kier molecular flexibility index (Phi) is 4.61. The maximum atomic E-state index is 13.3. The van der Waals surface area contributed by atoms with Crippen LogP contribution in [0, 0.1) is 11.7 Å². The number of hydrogen-bond acceptors (Lipinski definition) is 3. The summed E-state index contributed by atoms with van der Waals surface area (Å²) < 4.78 is 13.3. The number of carbonyl (C=O) groups is 2. The topological polar surface area (TPSA) is 70.5 Å². The molecule has 1 aliphatic rings. The van der Waals surface area contributed by atoms with Crippen LogP contribution in [-0.2, 0) is 4.79 Å². The number of aliphatic carboxylic acids is 1. The monoisotopic (exact) mass is 274 g/mol. The molecule has 0 saturated carbocycles. The average molecular weight is 275 g/mol. The summed E-state index contributed by atoms with van der Waals surface area (Å²) in [5.41, 5.74) is -0.0639. The molecule has 7 heteroatoms. The summed E-state index contributed by atoms with van der Waals surface area (Å²) in [6, 6.07) is 1.30. The molecule has 1 unspecified atom stereocenters. The number of amides is 1. The van der Waals surface area contributed by atoms with E-state index in [1.807, 2.05) is 0 Å². The Morgan fingerprint density at radius 1 is 1.50 bits per heavy atom. The normalized spacial score (nSPS) is 18.3. The highest BCUT2D eigenvalue weighted by atomic mass is 35.5. The fourth-order valence-corrected chi connectivity index (χ4v) is 1.87. The zero-order valence-corrected chi connectivity index (χ0v) is 10.2. The number of carboxylic acids is 1. The molecule has 5 nitrogen and oxygen atoms in total. The lowest BCUT2D eigenvalue weighted by Gasteiger charge is -2.15. The molecular weight excluding hydrogens is 263 g/mol. The Bertz CT molecular complexity index is 469. The molecule has 98 valence electrons. The van der Waals surface area contributed by atoms with Crippen molar-refractivity contribution < 1.29 is 19.1 Å². The molecule has 1 aromatic heterocycles. The lowest BCUT2D eigenvalue weighted by molar-refractivity contribution is -0.141. The van der Waals surface area contributed by atoms with E-state index in [2.05, 4.69) is 4.98 Å². The van der Waals surface area contributed by atoms with E-state index >= 15 is 0 Å². The van der Waals surface area contributed by atoms with Crippen LogP contribution in [0.5, 0.6) is 0 Å². The summed E-state index contributed by atoms with van der Waals surface area (Å²) in [6.07, 6.45) is 2.72. The number of rotatable bonds is 2. The Morgan fingerprint density at radius 3 is 2.78 bits per heavy atom. The van der Waals surface area contributed by atoms with Crippen LogP contribution in [-0.4, -0.2) is 40.0 Å². The number of carbonyl (C=O) groups excluding carboxylic acids is 1. The summed E-state index contributed by atoms with van der Waals surface area (Å²) >= 11 is 0. The Labute approximate surface area is 109 Å². The molecule has 0 spiro atoms. The van der Waals surface area contributed by atoms with Crippen LogP contribution in [0.15, 0.2) is 18.5 Å². The predicted octanol–water partition coefficient (Wildman–Crippen LogP) is 1.19. The molecular formula is C11H12ClFN2O3. The minimum absolute atomic E-state index is 0. The molecule has 0 bridgehead atoms. The smallest absolute Gasteiger partial charge is 0.308 e. The maximum Gasteiger partial charge on any atom is 0.308 e. The van der Waals surface area contributed by atoms with Crippen molar-refractivity contribution >= 4 is 24.3 Å². The van der Waals surface area contributed by atoms with Crippen molar-refractivity contribution in [3.63, 3.8) is 0 Å². The predicted molar refractivity (Wildman–Crippen MR) is 63.1 cm³/mol. The molecule has 1 amide bonds. The second-order valence-corrected chi connectivity index (χ2v) is 3.93. The van der Waals surface area contributed by atoms with E-state index in [1.165, 1.54) is 17.2 Å². The quantitative estimate of drug-likeness (QED) is 0.879. The van der Waals surface area contributed by atoms with Gasteiger partial charge in [-0.1, -0.05) is 0 Å². The van der Waals surface area contributed by atoms with Gasteiger partial charge in [0, 0.05) is 19.3 Å². The molecule has 2 heterocycles. The van der Waals surface area contributed by atoms with Crippen LogP contribution in [0.4, 0.5) is 4.39 Å². The van der Waals surface area contributed by atoms with E-state index in [0.717, 1.165) is 6.20 Å². The second-order valence-electron chi connectivity index (χ2n) is 3.93. The highest BCUT2D eigenvalue weighted by Gasteiger charge is 2.32. The Hall–Kier alpha value is -1.69. The molecule has 0 aromatic carbocycles. The van der Waals surface area contributed by atoms with Gasteiger partial charge in [-0.25, -0.2) is 4.39 Å². The molecule has 2 rings (SSSR count). The summed E-state index contributed by atoms with van der Waals surface area (Å²) in [4.78, 5) is 27.6. The summed E-state index contributed by atoms with van der Waals surface area (Å²) in [5.74, 6) is -2.63. The van der Waals surface area contributed by atoms with Gasteiger partial charge in [-0.3, -0.25) is 14.6 Å². The number of carboxylic acid groups (broad SMARTS) is 1. The van der Waals surface area contributed by atoms with Gasteiger partial charge >= 0.3 is 5.97 Å². The minimum Gasteiger partial charge on any atom is -0.481 e. The number of likely N-dealkylation sites (tertiary alicyclic amines) is 1. The van der Waals surface area contributed by atoms with Crippen molar-refractivity contribution in [1.29, 1.82) is 0 Å². The maximum absolute atomic E-state index is 13.3. The van der Waals surface area contributed by atoms with Crippen molar-refractivity contribution in [3.05, 3.63) is 29.8 Å². The third-order valence-electron chi connectivity index (χ3n) is 2.83. The van der Waals surface area contributed by atoms with Crippen LogP contribution < -0.4 is 0 Å². The van der Waals surface area contributed by atoms with Gasteiger partial charge in [0.15, 0.2) is 5.82 Å². The number of halogens is 2. The van der Waals surface area contributed by atoms with Crippen LogP contribution in [0.1, 0.15) is 16.8 Å². The van der Waals surface area contributed by atoms with Crippen LogP contribution in [0.25, 0.3) is 0 Å².